The van der Waals surface area contributed by atoms with Gasteiger partial charge in [-0.1, -0.05) is 62.4 Å². The molecule has 0 fully saturated rings. The molecule has 21 heavy (non-hydrogen) atoms. The number of hydrogen-bond acceptors (Lipinski definition) is 0. The van der Waals surface area contributed by atoms with Crippen molar-refractivity contribution >= 4 is 23.1 Å². The molecule has 0 saturated heterocycles. The van der Waals surface area contributed by atoms with Crippen molar-refractivity contribution in [1.29, 1.82) is 0 Å². The van der Waals surface area contributed by atoms with E-state index >= 15 is 0 Å². The third kappa shape index (κ3) is 1.92. The van der Waals surface area contributed by atoms with Gasteiger partial charge in [-0.2, -0.15) is 0 Å². The zero-order chi connectivity index (χ0) is 14.4. The minimum Gasteiger partial charge on any atom is -0.310 e. The third-order valence-electron chi connectivity index (χ3n) is 4.33. The van der Waals surface area contributed by atoms with Crippen LogP contribution in [0.4, 0.5) is 0 Å². The average Bonchev–Trinajstić information content (AvgIpc) is 2.80. The summed E-state index contributed by atoms with van der Waals surface area (Å²) in [5, 5.41) is 4.07. The van der Waals surface area contributed by atoms with Crippen LogP contribution < -0.4 is 10.6 Å². The standard InChI is InChI=1S/C20H19N/c1-20(2)13-12-17-16-10-6-7-11-18(16)21(19(17)14-20)15-8-4-3-5-9-15/h3-12,14H,13H2,1-2H3. The van der Waals surface area contributed by atoms with Gasteiger partial charge in [-0.15, -0.1) is 0 Å². The number of para-hydroxylation sites is 2. The monoisotopic (exact) mass is 273 g/mol. The lowest BCUT2D eigenvalue weighted by molar-refractivity contribution is 0.532. The molecule has 1 aliphatic rings. The van der Waals surface area contributed by atoms with E-state index in [0.29, 0.717) is 0 Å². The molecule has 1 aromatic heterocycles. The fraction of sp³-hybridized carbons (Fsp3) is 0.200. The summed E-state index contributed by atoms with van der Waals surface area (Å²) in [5.41, 5.74) is 2.74. The maximum atomic E-state index is 2.43. The highest BCUT2D eigenvalue weighted by molar-refractivity contribution is 5.84. The van der Waals surface area contributed by atoms with Crippen molar-refractivity contribution in [3.8, 4) is 5.69 Å². The summed E-state index contributed by atoms with van der Waals surface area (Å²) in [7, 11) is 0. The van der Waals surface area contributed by atoms with Gasteiger partial charge in [0.1, 0.15) is 0 Å². The first-order valence-corrected chi connectivity index (χ1v) is 7.54. The molecule has 0 amide bonds. The lowest BCUT2D eigenvalue weighted by Crippen LogP contribution is -2.34. The fourth-order valence-corrected chi connectivity index (χ4v) is 3.29. The van der Waals surface area contributed by atoms with Crippen molar-refractivity contribution in [2.45, 2.75) is 20.3 Å². The number of rotatable bonds is 1. The summed E-state index contributed by atoms with van der Waals surface area (Å²) in [6, 6.07) is 19.4. The van der Waals surface area contributed by atoms with E-state index in [-0.39, 0.29) is 5.41 Å². The van der Waals surface area contributed by atoms with Crippen LogP contribution in [-0.2, 0) is 0 Å². The molecule has 1 heterocycles. The van der Waals surface area contributed by atoms with Gasteiger partial charge < -0.3 is 4.57 Å². The molecule has 0 aliphatic heterocycles. The van der Waals surface area contributed by atoms with Gasteiger partial charge in [-0.25, -0.2) is 0 Å². The molecule has 1 nitrogen and oxygen atoms in total. The Balaban J connectivity index is 2.22. The third-order valence-corrected chi connectivity index (χ3v) is 4.33. The minimum atomic E-state index is 0.216. The van der Waals surface area contributed by atoms with Crippen molar-refractivity contribution in [2.75, 3.05) is 0 Å². The van der Waals surface area contributed by atoms with Gasteiger partial charge in [0.05, 0.1) is 10.9 Å². The summed E-state index contributed by atoms with van der Waals surface area (Å²) in [4.78, 5) is 0. The highest BCUT2D eigenvalue weighted by Crippen LogP contribution is 2.26. The smallest absolute Gasteiger partial charge is 0.0540 e. The molecular formula is C20H19N. The molecular weight excluding hydrogens is 254 g/mol. The van der Waals surface area contributed by atoms with E-state index in [9.17, 15) is 0 Å². The first-order valence-electron chi connectivity index (χ1n) is 7.54. The largest absolute Gasteiger partial charge is 0.310 e. The van der Waals surface area contributed by atoms with Crippen LogP contribution in [-0.4, -0.2) is 4.57 Å². The lowest BCUT2D eigenvalue weighted by Gasteiger charge is -2.20. The molecule has 4 rings (SSSR count). The van der Waals surface area contributed by atoms with Crippen molar-refractivity contribution in [3.05, 3.63) is 65.2 Å². The van der Waals surface area contributed by atoms with Crippen molar-refractivity contribution in [3.63, 3.8) is 0 Å². The van der Waals surface area contributed by atoms with Crippen LogP contribution in [0.2, 0.25) is 0 Å². The molecule has 2 aromatic carbocycles. The molecule has 1 aliphatic carbocycles. The lowest BCUT2D eigenvalue weighted by atomic mass is 9.86. The molecule has 1 heteroatoms. The molecule has 3 aromatic rings. The topological polar surface area (TPSA) is 4.93 Å². The average molecular weight is 273 g/mol. The summed E-state index contributed by atoms with van der Waals surface area (Å²) in [6.45, 7) is 4.61. The van der Waals surface area contributed by atoms with Crippen LogP contribution in [0.5, 0.6) is 0 Å². The Hall–Kier alpha value is -2.28. The number of aromatic nitrogens is 1. The van der Waals surface area contributed by atoms with E-state index in [4.69, 9.17) is 0 Å². The Kier molecular flexibility index (Phi) is 2.58. The fourth-order valence-electron chi connectivity index (χ4n) is 3.29. The second kappa shape index (κ2) is 4.36. The Morgan fingerprint density at radius 2 is 1.62 bits per heavy atom. The van der Waals surface area contributed by atoms with E-state index in [0.717, 1.165) is 6.42 Å². The Bertz CT molecular complexity index is 927. The first-order chi connectivity index (χ1) is 10.2. The van der Waals surface area contributed by atoms with Crippen molar-refractivity contribution < 1.29 is 0 Å². The summed E-state index contributed by atoms with van der Waals surface area (Å²) < 4.78 is 2.39. The van der Waals surface area contributed by atoms with Gasteiger partial charge in [0.15, 0.2) is 0 Å². The second-order valence-corrected chi connectivity index (χ2v) is 6.53. The van der Waals surface area contributed by atoms with Gasteiger partial charge in [0.25, 0.3) is 0 Å². The van der Waals surface area contributed by atoms with E-state index in [1.807, 2.05) is 0 Å². The predicted octanol–water partition coefficient (Wildman–Crippen LogP) is 3.62. The number of hydrogen-bond donors (Lipinski definition) is 0. The maximum Gasteiger partial charge on any atom is 0.0540 e. The SMILES string of the molecule is CC1(C)C=c2c(c3ccccc3n2-c2ccccc2)=CC1. The number of nitrogens with zero attached hydrogens (tertiary/aromatic N) is 1. The quantitative estimate of drug-likeness (QED) is 0.638. The van der Waals surface area contributed by atoms with Crippen molar-refractivity contribution in [1.82, 2.24) is 4.57 Å². The van der Waals surface area contributed by atoms with Gasteiger partial charge in [-0.05, 0) is 30.0 Å². The van der Waals surface area contributed by atoms with Gasteiger partial charge in [0, 0.05) is 16.3 Å². The molecule has 0 radical (unpaired) electrons. The van der Waals surface area contributed by atoms with Crippen LogP contribution in [0, 0.1) is 5.41 Å². The van der Waals surface area contributed by atoms with E-state index in [2.05, 4.69) is 85.2 Å². The van der Waals surface area contributed by atoms with Crippen molar-refractivity contribution in [2.24, 2.45) is 5.41 Å². The highest BCUT2D eigenvalue weighted by atomic mass is 15.0. The molecule has 0 saturated carbocycles. The van der Waals surface area contributed by atoms with Gasteiger partial charge in [0.2, 0.25) is 0 Å². The second-order valence-electron chi connectivity index (χ2n) is 6.53. The van der Waals surface area contributed by atoms with E-state index in [1.165, 1.54) is 27.2 Å². The Morgan fingerprint density at radius 1 is 0.905 bits per heavy atom. The molecule has 0 bridgehead atoms. The van der Waals surface area contributed by atoms with Gasteiger partial charge in [-0.3, -0.25) is 0 Å². The predicted molar refractivity (Wildman–Crippen MR) is 89.9 cm³/mol. The van der Waals surface area contributed by atoms with E-state index in [1.54, 1.807) is 0 Å². The maximum absolute atomic E-state index is 2.43. The van der Waals surface area contributed by atoms with Crippen LogP contribution in [0.15, 0.2) is 54.6 Å². The zero-order valence-electron chi connectivity index (χ0n) is 12.5. The summed E-state index contributed by atoms with van der Waals surface area (Å²) >= 11 is 0. The highest BCUT2D eigenvalue weighted by Gasteiger charge is 2.19. The molecule has 0 unspecified atom stereocenters. The summed E-state index contributed by atoms with van der Waals surface area (Å²) in [6.07, 6.45) is 5.93. The number of benzene rings is 2. The minimum absolute atomic E-state index is 0.216. The first kappa shape index (κ1) is 12.5. The van der Waals surface area contributed by atoms with E-state index < -0.39 is 0 Å². The molecule has 0 spiro atoms. The van der Waals surface area contributed by atoms with Crippen LogP contribution in [0.1, 0.15) is 20.3 Å². The normalized spacial score (nSPS) is 16.1. The van der Waals surface area contributed by atoms with Crippen LogP contribution in [0.3, 0.4) is 0 Å². The molecule has 104 valence electrons. The summed E-state index contributed by atoms with van der Waals surface area (Å²) in [5.74, 6) is 0. The zero-order valence-corrected chi connectivity index (χ0v) is 12.5. The molecule has 0 N–H and O–H groups in total. The number of fused-ring (bicyclic) bond motifs is 3. The molecule has 0 atom stereocenters. The van der Waals surface area contributed by atoms with Gasteiger partial charge >= 0.3 is 0 Å². The Morgan fingerprint density at radius 3 is 2.43 bits per heavy atom. The van der Waals surface area contributed by atoms with Crippen LogP contribution in [0.25, 0.3) is 28.7 Å². The van der Waals surface area contributed by atoms with Crippen LogP contribution >= 0.6 is 0 Å². The Labute approximate surface area is 124 Å².